The molecule has 2 aromatic rings. The van der Waals surface area contributed by atoms with Crippen LogP contribution in [0.25, 0.3) is 10.9 Å². The highest BCUT2D eigenvalue weighted by molar-refractivity contribution is 6.09. The van der Waals surface area contributed by atoms with Crippen LogP contribution in [-0.2, 0) is 14.2 Å². The molecule has 0 saturated carbocycles. The van der Waals surface area contributed by atoms with Gasteiger partial charge in [-0.25, -0.2) is 19.0 Å². The number of nitrogens with one attached hydrogen (secondary N) is 1. The van der Waals surface area contributed by atoms with Gasteiger partial charge in [0.2, 0.25) is 0 Å². The number of rotatable bonds is 3. The average molecular weight is 334 g/mol. The number of benzene rings is 1. The Kier molecular flexibility index (Phi) is 5.08. The first-order chi connectivity index (χ1) is 11.4. The van der Waals surface area contributed by atoms with Crippen molar-refractivity contribution in [2.75, 3.05) is 26.1 Å². The zero-order valence-corrected chi connectivity index (χ0v) is 13.8. The number of hydrogen-bond donors (Lipinski definition) is 1. The van der Waals surface area contributed by atoms with Crippen LogP contribution in [0.15, 0.2) is 18.2 Å². The number of hydrogen-bond acceptors (Lipinski definition) is 6. The van der Waals surface area contributed by atoms with Crippen molar-refractivity contribution < 1.29 is 28.6 Å². The summed E-state index contributed by atoms with van der Waals surface area (Å²) in [6.45, 7) is 3.51. The quantitative estimate of drug-likeness (QED) is 0.685. The summed E-state index contributed by atoms with van der Waals surface area (Å²) in [5, 5.41) is 2.98. The summed E-state index contributed by atoms with van der Waals surface area (Å²) in [7, 11) is 2.50. The SMILES string of the molecule is CCOC(=O)c1c(C)n(C(=O)OC)c2ccc(NC(=O)OC)cc12. The monoisotopic (exact) mass is 334 g/mol. The summed E-state index contributed by atoms with van der Waals surface area (Å²) in [6.07, 6.45) is -1.27. The first-order valence-corrected chi connectivity index (χ1v) is 7.20. The fourth-order valence-electron chi connectivity index (χ4n) is 2.45. The average Bonchev–Trinajstić information content (AvgIpc) is 2.85. The van der Waals surface area contributed by atoms with Gasteiger partial charge in [-0.05, 0) is 32.0 Å². The van der Waals surface area contributed by atoms with Crippen LogP contribution in [0.1, 0.15) is 23.0 Å². The van der Waals surface area contributed by atoms with Crippen LogP contribution >= 0.6 is 0 Å². The molecule has 0 aliphatic heterocycles. The molecule has 0 unspecified atom stereocenters. The van der Waals surface area contributed by atoms with Crippen LogP contribution < -0.4 is 5.32 Å². The third-order valence-electron chi connectivity index (χ3n) is 3.47. The highest BCUT2D eigenvalue weighted by Crippen LogP contribution is 2.29. The zero-order chi connectivity index (χ0) is 17.9. The largest absolute Gasteiger partial charge is 0.462 e. The standard InChI is InChI=1S/C16H18N2O6/c1-5-24-14(19)13-9(2)18(16(21)23-4)12-7-6-10(8-11(12)13)17-15(20)22-3/h6-8H,5H2,1-4H3,(H,17,20). The van der Waals surface area contributed by atoms with E-state index >= 15 is 0 Å². The Labute approximate surface area is 138 Å². The van der Waals surface area contributed by atoms with Gasteiger partial charge in [-0.1, -0.05) is 0 Å². The predicted octanol–water partition coefficient (Wildman–Crippen LogP) is 2.92. The van der Waals surface area contributed by atoms with E-state index in [4.69, 9.17) is 9.47 Å². The van der Waals surface area contributed by atoms with Gasteiger partial charge in [-0.15, -0.1) is 0 Å². The molecule has 0 aliphatic rings. The lowest BCUT2D eigenvalue weighted by Gasteiger charge is -2.06. The maximum Gasteiger partial charge on any atom is 0.418 e. The molecule has 2 rings (SSSR count). The summed E-state index contributed by atoms with van der Waals surface area (Å²) in [4.78, 5) is 35.7. The van der Waals surface area contributed by atoms with Crippen molar-refractivity contribution in [3.05, 3.63) is 29.5 Å². The minimum Gasteiger partial charge on any atom is -0.462 e. The number of fused-ring (bicyclic) bond motifs is 1. The van der Waals surface area contributed by atoms with E-state index in [0.29, 0.717) is 22.3 Å². The van der Waals surface area contributed by atoms with Gasteiger partial charge < -0.3 is 14.2 Å². The van der Waals surface area contributed by atoms with Gasteiger partial charge in [0.15, 0.2) is 0 Å². The molecule has 0 bridgehead atoms. The van der Waals surface area contributed by atoms with Crippen LogP contribution in [0.2, 0.25) is 0 Å². The topological polar surface area (TPSA) is 95.9 Å². The maximum absolute atomic E-state index is 12.3. The van der Waals surface area contributed by atoms with Gasteiger partial charge in [0.05, 0.1) is 31.9 Å². The Morgan fingerprint density at radius 3 is 2.46 bits per heavy atom. The molecule has 1 N–H and O–H groups in total. The van der Waals surface area contributed by atoms with Crippen LogP contribution in [0.4, 0.5) is 15.3 Å². The lowest BCUT2D eigenvalue weighted by atomic mass is 10.1. The second kappa shape index (κ2) is 7.03. The van der Waals surface area contributed by atoms with Crippen LogP contribution in [0.5, 0.6) is 0 Å². The summed E-state index contributed by atoms with van der Waals surface area (Å²) in [5.74, 6) is -0.558. The van der Waals surface area contributed by atoms with Gasteiger partial charge in [0.1, 0.15) is 0 Å². The summed E-state index contributed by atoms with van der Waals surface area (Å²) < 4.78 is 15.7. The third kappa shape index (κ3) is 3.03. The molecule has 0 aliphatic carbocycles. The van der Waals surface area contributed by atoms with E-state index in [1.54, 1.807) is 32.0 Å². The first-order valence-electron chi connectivity index (χ1n) is 7.20. The van der Waals surface area contributed by atoms with Crippen molar-refractivity contribution in [2.24, 2.45) is 0 Å². The van der Waals surface area contributed by atoms with E-state index in [0.717, 1.165) is 0 Å². The van der Waals surface area contributed by atoms with E-state index < -0.39 is 18.2 Å². The lowest BCUT2D eigenvalue weighted by Crippen LogP contribution is -2.14. The molecule has 0 atom stereocenters. The molecular formula is C16H18N2O6. The number of nitrogens with zero attached hydrogens (tertiary/aromatic N) is 1. The van der Waals surface area contributed by atoms with E-state index in [1.165, 1.54) is 18.8 Å². The Morgan fingerprint density at radius 1 is 1.17 bits per heavy atom. The fraction of sp³-hybridized carbons (Fsp3) is 0.312. The Bertz CT molecular complexity index is 808. The number of methoxy groups -OCH3 is 2. The molecule has 1 heterocycles. The lowest BCUT2D eigenvalue weighted by molar-refractivity contribution is 0.0527. The van der Waals surface area contributed by atoms with E-state index in [-0.39, 0.29) is 12.2 Å². The van der Waals surface area contributed by atoms with Crippen molar-refractivity contribution >= 4 is 34.7 Å². The molecule has 128 valence electrons. The minimum atomic E-state index is -0.642. The van der Waals surface area contributed by atoms with Crippen molar-refractivity contribution in [1.29, 1.82) is 0 Å². The number of anilines is 1. The van der Waals surface area contributed by atoms with Crippen LogP contribution in [0, 0.1) is 6.92 Å². The predicted molar refractivity (Wildman–Crippen MR) is 86.5 cm³/mol. The van der Waals surface area contributed by atoms with Crippen LogP contribution in [-0.4, -0.2) is 43.5 Å². The van der Waals surface area contributed by atoms with Crippen molar-refractivity contribution in [2.45, 2.75) is 13.8 Å². The van der Waals surface area contributed by atoms with Gasteiger partial charge in [-0.3, -0.25) is 5.32 Å². The second-order valence-corrected chi connectivity index (χ2v) is 4.83. The summed E-state index contributed by atoms with van der Waals surface area (Å²) in [6, 6.07) is 4.77. The molecule has 1 amide bonds. The number of amides is 1. The zero-order valence-electron chi connectivity index (χ0n) is 13.8. The molecule has 1 aromatic carbocycles. The number of ether oxygens (including phenoxy) is 3. The Morgan fingerprint density at radius 2 is 1.88 bits per heavy atom. The maximum atomic E-state index is 12.3. The molecule has 8 heteroatoms. The van der Waals surface area contributed by atoms with Crippen molar-refractivity contribution in [1.82, 2.24) is 4.57 Å². The van der Waals surface area contributed by atoms with Crippen LogP contribution in [0.3, 0.4) is 0 Å². The Balaban J connectivity index is 2.68. The van der Waals surface area contributed by atoms with Crippen molar-refractivity contribution in [3.63, 3.8) is 0 Å². The normalized spacial score (nSPS) is 10.3. The molecule has 1 aromatic heterocycles. The van der Waals surface area contributed by atoms with Gasteiger partial charge in [-0.2, -0.15) is 0 Å². The highest BCUT2D eigenvalue weighted by Gasteiger charge is 2.24. The molecule has 0 fully saturated rings. The van der Waals surface area contributed by atoms with E-state index in [9.17, 15) is 14.4 Å². The number of aromatic nitrogens is 1. The fourth-order valence-corrected chi connectivity index (χ4v) is 2.45. The summed E-state index contributed by atoms with van der Waals surface area (Å²) in [5.41, 5.74) is 1.52. The smallest absolute Gasteiger partial charge is 0.418 e. The van der Waals surface area contributed by atoms with Gasteiger partial charge >= 0.3 is 18.2 Å². The molecule has 24 heavy (non-hydrogen) atoms. The molecule has 8 nitrogen and oxygen atoms in total. The molecule has 0 saturated heterocycles. The number of carbonyl (C=O) groups is 3. The van der Waals surface area contributed by atoms with E-state index in [1.807, 2.05) is 0 Å². The van der Waals surface area contributed by atoms with Gasteiger partial charge in [0, 0.05) is 16.8 Å². The molecule has 0 radical (unpaired) electrons. The van der Waals surface area contributed by atoms with Gasteiger partial charge in [0.25, 0.3) is 0 Å². The first kappa shape index (κ1) is 17.3. The Hall–Kier alpha value is -3.03. The summed E-state index contributed by atoms with van der Waals surface area (Å²) >= 11 is 0. The molecule has 0 spiro atoms. The third-order valence-corrected chi connectivity index (χ3v) is 3.47. The number of esters is 1. The second-order valence-electron chi connectivity index (χ2n) is 4.83. The van der Waals surface area contributed by atoms with Crippen molar-refractivity contribution in [3.8, 4) is 0 Å². The highest BCUT2D eigenvalue weighted by atomic mass is 16.5. The minimum absolute atomic E-state index is 0.198. The molecular weight excluding hydrogens is 316 g/mol. The van der Waals surface area contributed by atoms with E-state index in [2.05, 4.69) is 10.1 Å². The number of carbonyl (C=O) groups excluding carboxylic acids is 3.